The molecule has 1 fully saturated rings. The molecule has 6 nitrogen and oxygen atoms in total. The Bertz CT molecular complexity index is 609. The lowest BCUT2D eigenvalue weighted by Gasteiger charge is -2.24. The van der Waals surface area contributed by atoms with Gasteiger partial charge in [-0.2, -0.15) is 0 Å². The molecule has 3 atom stereocenters. The SMILES string of the molecule is CNC(=O)N[C@H]1c2cccc(F)c2[C@H]2CN(C(C)C)C[C@H]21.O=CO. The van der Waals surface area contributed by atoms with Gasteiger partial charge in [0.05, 0.1) is 6.04 Å². The first-order valence-corrected chi connectivity index (χ1v) is 8.03. The number of carbonyl (C=O) groups is 2. The van der Waals surface area contributed by atoms with Crippen molar-refractivity contribution in [1.29, 1.82) is 0 Å². The normalized spacial score (nSPS) is 24.6. The molecule has 1 aromatic carbocycles. The summed E-state index contributed by atoms with van der Waals surface area (Å²) < 4.78 is 14.3. The molecule has 3 N–H and O–H groups in total. The van der Waals surface area contributed by atoms with Gasteiger partial charge in [0, 0.05) is 38.0 Å². The molecule has 2 amide bonds. The molecular formula is C17H24FN3O3. The number of benzene rings is 1. The molecule has 3 rings (SSSR count). The first-order valence-electron chi connectivity index (χ1n) is 8.03. The topological polar surface area (TPSA) is 81.7 Å². The molecule has 1 aliphatic carbocycles. The molecule has 2 aliphatic rings. The van der Waals surface area contributed by atoms with Crippen molar-refractivity contribution >= 4 is 12.5 Å². The summed E-state index contributed by atoms with van der Waals surface area (Å²) in [6.07, 6.45) is 0. The van der Waals surface area contributed by atoms with E-state index in [1.54, 1.807) is 13.1 Å². The average Bonchev–Trinajstić information content (AvgIpc) is 3.08. The highest BCUT2D eigenvalue weighted by Gasteiger charge is 2.48. The zero-order valence-corrected chi connectivity index (χ0v) is 14.1. The Balaban J connectivity index is 0.000000647. The molecule has 7 heteroatoms. The average molecular weight is 337 g/mol. The first-order chi connectivity index (χ1) is 11.4. The van der Waals surface area contributed by atoms with Crippen molar-refractivity contribution in [2.24, 2.45) is 5.92 Å². The van der Waals surface area contributed by atoms with Crippen molar-refractivity contribution in [2.45, 2.75) is 31.8 Å². The smallest absolute Gasteiger partial charge is 0.315 e. The van der Waals surface area contributed by atoms with E-state index in [0.717, 1.165) is 24.2 Å². The summed E-state index contributed by atoms with van der Waals surface area (Å²) in [5.41, 5.74) is 1.74. The summed E-state index contributed by atoms with van der Waals surface area (Å²) >= 11 is 0. The van der Waals surface area contributed by atoms with Crippen LogP contribution in [0.2, 0.25) is 0 Å². The van der Waals surface area contributed by atoms with Crippen LogP contribution in [0.1, 0.15) is 36.9 Å². The lowest BCUT2D eigenvalue weighted by atomic mass is 9.94. The predicted molar refractivity (Wildman–Crippen MR) is 88.4 cm³/mol. The number of carbonyl (C=O) groups excluding carboxylic acids is 1. The number of fused-ring (bicyclic) bond motifs is 3. The molecule has 0 bridgehead atoms. The third kappa shape index (κ3) is 3.36. The van der Waals surface area contributed by atoms with Crippen LogP contribution in [-0.4, -0.2) is 48.7 Å². The number of carboxylic acid groups (broad SMARTS) is 1. The van der Waals surface area contributed by atoms with Crippen molar-refractivity contribution < 1.29 is 19.1 Å². The highest BCUT2D eigenvalue weighted by Crippen LogP contribution is 2.50. The first kappa shape index (κ1) is 18.2. The van der Waals surface area contributed by atoms with E-state index in [-0.39, 0.29) is 36.2 Å². The number of hydrogen-bond donors (Lipinski definition) is 3. The standard InChI is InChI=1S/C16H22FN3O.CH2O2/c1-9(2)20-7-11-12(8-20)15(19-16(21)18-3)10-5-4-6-13(17)14(10)11;2-1-3/h4-6,9,11-12,15H,7-8H2,1-3H3,(H2,18,19,21);1H,(H,2,3)/t11-,12+,15-;/m0./s1. The Morgan fingerprint density at radius 1 is 1.42 bits per heavy atom. The van der Waals surface area contributed by atoms with E-state index in [1.807, 2.05) is 6.07 Å². The molecule has 1 heterocycles. The Kier molecular flexibility index (Phi) is 5.77. The third-order valence-corrected chi connectivity index (χ3v) is 4.86. The number of rotatable bonds is 2. The van der Waals surface area contributed by atoms with Gasteiger partial charge in [0.25, 0.3) is 6.47 Å². The van der Waals surface area contributed by atoms with E-state index >= 15 is 0 Å². The van der Waals surface area contributed by atoms with Gasteiger partial charge in [-0.05, 0) is 31.0 Å². The number of hydrogen-bond acceptors (Lipinski definition) is 3. The summed E-state index contributed by atoms with van der Waals surface area (Å²) in [4.78, 5) is 22.5. The van der Waals surface area contributed by atoms with Crippen LogP contribution in [0.3, 0.4) is 0 Å². The Morgan fingerprint density at radius 2 is 2.08 bits per heavy atom. The summed E-state index contributed by atoms with van der Waals surface area (Å²) in [6.45, 7) is 5.82. The van der Waals surface area contributed by atoms with Crippen molar-refractivity contribution in [3.05, 3.63) is 35.1 Å². The van der Waals surface area contributed by atoms with Gasteiger partial charge in [0.1, 0.15) is 5.82 Å². The second kappa shape index (κ2) is 7.61. The largest absolute Gasteiger partial charge is 0.483 e. The summed E-state index contributed by atoms with van der Waals surface area (Å²) in [5.74, 6) is 0.275. The molecule has 0 unspecified atom stereocenters. The van der Waals surface area contributed by atoms with E-state index in [2.05, 4.69) is 29.4 Å². The second-order valence-corrected chi connectivity index (χ2v) is 6.37. The van der Waals surface area contributed by atoms with Crippen LogP contribution >= 0.6 is 0 Å². The molecule has 1 aromatic rings. The monoisotopic (exact) mass is 337 g/mol. The molecule has 24 heavy (non-hydrogen) atoms. The summed E-state index contributed by atoms with van der Waals surface area (Å²) in [6, 6.07) is 5.32. The molecule has 0 saturated carbocycles. The number of urea groups is 1. The maximum Gasteiger partial charge on any atom is 0.315 e. The Morgan fingerprint density at radius 3 is 2.67 bits per heavy atom. The van der Waals surface area contributed by atoms with E-state index in [9.17, 15) is 9.18 Å². The molecule has 0 radical (unpaired) electrons. The van der Waals surface area contributed by atoms with Crippen molar-refractivity contribution in [3.8, 4) is 0 Å². The maximum absolute atomic E-state index is 14.3. The number of likely N-dealkylation sites (tertiary alicyclic amines) is 1. The zero-order chi connectivity index (χ0) is 17.9. The van der Waals surface area contributed by atoms with Gasteiger partial charge >= 0.3 is 6.03 Å². The van der Waals surface area contributed by atoms with E-state index in [4.69, 9.17) is 9.90 Å². The van der Waals surface area contributed by atoms with Crippen molar-refractivity contribution in [3.63, 3.8) is 0 Å². The molecular weight excluding hydrogens is 313 g/mol. The minimum atomic E-state index is -0.250. The summed E-state index contributed by atoms with van der Waals surface area (Å²) in [7, 11) is 1.60. The van der Waals surface area contributed by atoms with Gasteiger partial charge in [0.2, 0.25) is 0 Å². The number of nitrogens with zero attached hydrogens (tertiary/aromatic N) is 1. The minimum absolute atomic E-state index is 0.107. The number of halogens is 1. The molecule has 1 aliphatic heterocycles. The fourth-order valence-corrected chi connectivity index (χ4v) is 3.77. The fraction of sp³-hybridized carbons (Fsp3) is 0.529. The van der Waals surface area contributed by atoms with Gasteiger partial charge in [0.15, 0.2) is 0 Å². The lowest BCUT2D eigenvalue weighted by molar-refractivity contribution is -0.122. The molecule has 0 aromatic heterocycles. The fourth-order valence-electron chi connectivity index (χ4n) is 3.77. The van der Waals surface area contributed by atoms with Crippen LogP contribution in [-0.2, 0) is 4.79 Å². The molecule has 1 saturated heterocycles. The maximum atomic E-state index is 14.3. The van der Waals surface area contributed by atoms with Crippen molar-refractivity contribution in [1.82, 2.24) is 15.5 Å². The summed E-state index contributed by atoms with van der Waals surface area (Å²) in [5, 5.41) is 12.5. The second-order valence-electron chi connectivity index (χ2n) is 6.37. The van der Waals surface area contributed by atoms with Gasteiger partial charge in [-0.25, -0.2) is 9.18 Å². The van der Waals surface area contributed by atoms with Crippen LogP contribution in [0.15, 0.2) is 18.2 Å². The van der Waals surface area contributed by atoms with Gasteiger partial charge in [-0.1, -0.05) is 12.1 Å². The van der Waals surface area contributed by atoms with Gasteiger partial charge in [-0.3, -0.25) is 9.69 Å². The zero-order valence-electron chi connectivity index (χ0n) is 14.1. The lowest BCUT2D eigenvalue weighted by Crippen LogP contribution is -2.39. The number of nitrogens with one attached hydrogen (secondary N) is 2. The molecule has 0 spiro atoms. The highest BCUT2D eigenvalue weighted by atomic mass is 19.1. The van der Waals surface area contributed by atoms with Crippen LogP contribution in [0, 0.1) is 11.7 Å². The van der Waals surface area contributed by atoms with E-state index < -0.39 is 0 Å². The van der Waals surface area contributed by atoms with E-state index in [1.165, 1.54) is 6.07 Å². The van der Waals surface area contributed by atoms with Gasteiger partial charge < -0.3 is 15.7 Å². The van der Waals surface area contributed by atoms with E-state index in [0.29, 0.717) is 6.04 Å². The molecule has 132 valence electrons. The van der Waals surface area contributed by atoms with Gasteiger partial charge in [-0.15, -0.1) is 0 Å². The van der Waals surface area contributed by atoms with Crippen LogP contribution < -0.4 is 10.6 Å². The third-order valence-electron chi connectivity index (χ3n) is 4.86. The van der Waals surface area contributed by atoms with Crippen LogP contribution in [0.5, 0.6) is 0 Å². The highest BCUT2D eigenvalue weighted by molar-refractivity contribution is 5.74. The predicted octanol–water partition coefficient (Wildman–Crippen LogP) is 1.93. The quantitative estimate of drug-likeness (QED) is 0.720. The minimum Gasteiger partial charge on any atom is -0.483 e. The van der Waals surface area contributed by atoms with Crippen LogP contribution in [0.4, 0.5) is 9.18 Å². The van der Waals surface area contributed by atoms with Crippen molar-refractivity contribution in [2.75, 3.05) is 20.1 Å². The Hall–Kier alpha value is -2.15. The van der Waals surface area contributed by atoms with Crippen LogP contribution in [0.25, 0.3) is 0 Å². The number of amides is 2. The Labute approximate surface area is 141 Å².